The average molecular weight is 434 g/mol. The van der Waals surface area contributed by atoms with Gasteiger partial charge in [0.15, 0.2) is 0 Å². The van der Waals surface area contributed by atoms with Gasteiger partial charge in [0.05, 0.1) is 37.7 Å². The van der Waals surface area contributed by atoms with Crippen molar-refractivity contribution in [1.29, 1.82) is 0 Å². The molecule has 3 aromatic carbocycles. The Labute approximate surface area is 187 Å². The molecule has 0 N–H and O–H groups in total. The molecule has 0 unspecified atom stereocenters. The molecule has 4 rings (SSSR count). The van der Waals surface area contributed by atoms with Gasteiger partial charge in [0.25, 0.3) is 0 Å². The van der Waals surface area contributed by atoms with Crippen LogP contribution in [0.1, 0.15) is 0 Å². The fraction of sp³-hybridized carbons (Fsp3) is 0.154. The highest BCUT2D eigenvalue weighted by atomic mass is 35.5. The highest BCUT2D eigenvalue weighted by Crippen LogP contribution is 2.41. The summed E-state index contributed by atoms with van der Waals surface area (Å²) >= 11 is 6.62. The minimum atomic E-state index is 0.641. The molecule has 5 heteroatoms. The predicted octanol–water partition coefficient (Wildman–Crippen LogP) is 6.71. The smallest absolute Gasteiger partial charge is 0.120 e. The molecule has 0 aliphatic carbocycles. The number of ether oxygens (including phenoxy) is 3. The van der Waals surface area contributed by atoms with E-state index in [1.54, 1.807) is 21.3 Å². The lowest BCUT2D eigenvalue weighted by Gasteiger charge is -2.12. The first-order chi connectivity index (χ1) is 15.0. The zero-order valence-corrected chi connectivity index (χ0v) is 18.7. The molecule has 158 valence electrons. The third kappa shape index (κ3) is 3.99. The van der Waals surface area contributed by atoms with Crippen molar-refractivity contribution in [3.63, 3.8) is 0 Å². The summed E-state index contributed by atoms with van der Waals surface area (Å²) in [7, 11) is 7.04. The van der Waals surface area contributed by atoms with Gasteiger partial charge < -0.3 is 18.8 Å². The van der Waals surface area contributed by atoms with Gasteiger partial charge in [-0.2, -0.15) is 0 Å². The van der Waals surface area contributed by atoms with E-state index < -0.39 is 0 Å². The molecule has 0 amide bonds. The van der Waals surface area contributed by atoms with Crippen LogP contribution < -0.4 is 14.2 Å². The molecule has 0 saturated heterocycles. The van der Waals surface area contributed by atoms with Gasteiger partial charge in [-0.1, -0.05) is 23.7 Å². The molecule has 0 radical (unpaired) electrons. The van der Waals surface area contributed by atoms with Gasteiger partial charge in [0.2, 0.25) is 0 Å². The second kappa shape index (κ2) is 8.78. The number of aromatic nitrogens is 1. The van der Waals surface area contributed by atoms with Crippen molar-refractivity contribution >= 4 is 11.6 Å². The van der Waals surface area contributed by atoms with Crippen molar-refractivity contribution in [1.82, 2.24) is 4.57 Å². The van der Waals surface area contributed by atoms with E-state index in [-0.39, 0.29) is 0 Å². The minimum Gasteiger partial charge on any atom is -0.497 e. The third-order valence-corrected chi connectivity index (χ3v) is 5.76. The van der Waals surface area contributed by atoms with Gasteiger partial charge in [0, 0.05) is 18.2 Å². The van der Waals surface area contributed by atoms with Gasteiger partial charge in [-0.3, -0.25) is 0 Å². The molecule has 1 aromatic heterocycles. The van der Waals surface area contributed by atoms with Gasteiger partial charge in [-0.15, -0.1) is 0 Å². The topological polar surface area (TPSA) is 32.6 Å². The van der Waals surface area contributed by atoms with E-state index in [0.717, 1.165) is 50.9 Å². The Balaban J connectivity index is 1.92. The standard InChI is InChI=1S/C26H24ClNO3/c1-28-25(22-14-13-21(31-4)15-24(22)27)16-23(17-5-9-19(29-2)10-6-17)26(28)18-7-11-20(30-3)12-8-18/h5-16H,1-4H3. The summed E-state index contributed by atoms with van der Waals surface area (Å²) in [6.45, 7) is 0. The van der Waals surface area contributed by atoms with Crippen LogP contribution in [0.4, 0.5) is 0 Å². The van der Waals surface area contributed by atoms with Crippen LogP contribution in [0.2, 0.25) is 5.02 Å². The largest absolute Gasteiger partial charge is 0.497 e. The quantitative estimate of drug-likeness (QED) is 0.339. The normalized spacial score (nSPS) is 10.7. The fourth-order valence-corrected chi connectivity index (χ4v) is 4.05. The van der Waals surface area contributed by atoms with Crippen LogP contribution in [0.15, 0.2) is 72.8 Å². The lowest BCUT2D eigenvalue weighted by Crippen LogP contribution is -1.96. The van der Waals surface area contributed by atoms with Crippen LogP contribution >= 0.6 is 11.6 Å². The Bertz CT molecular complexity index is 1190. The van der Waals surface area contributed by atoms with Crippen molar-refractivity contribution in [3.8, 4) is 50.9 Å². The highest BCUT2D eigenvalue weighted by molar-refractivity contribution is 6.33. The maximum Gasteiger partial charge on any atom is 0.120 e. The zero-order chi connectivity index (χ0) is 22.0. The summed E-state index contributed by atoms with van der Waals surface area (Å²) in [6, 6.07) is 24.1. The molecule has 0 fully saturated rings. The predicted molar refractivity (Wildman–Crippen MR) is 126 cm³/mol. The number of hydrogen-bond acceptors (Lipinski definition) is 3. The van der Waals surface area contributed by atoms with E-state index in [4.69, 9.17) is 25.8 Å². The summed E-state index contributed by atoms with van der Waals surface area (Å²) in [5.41, 5.74) is 6.35. The molecule has 4 aromatic rings. The lowest BCUT2D eigenvalue weighted by atomic mass is 10.0. The Morgan fingerprint density at radius 3 is 1.65 bits per heavy atom. The number of rotatable bonds is 6. The van der Waals surface area contributed by atoms with Crippen LogP contribution in [-0.2, 0) is 7.05 Å². The van der Waals surface area contributed by atoms with Crippen LogP contribution in [0, 0.1) is 0 Å². The first-order valence-corrected chi connectivity index (χ1v) is 10.3. The minimum absolute atomic E-state index is 0.641. The SMILES string of the molecule is COc1ccc(-c2cc(-c3ccc(OC)cc3Cl)n(C)c2-c2ccc(OC)cc2)cc1. The van der Waals surface area contributed by atoms with Crippen LogP contribution in [0.3, 0.4) is 0 Å². The molecular weight excluding hydrogens is 410 g/mol. The number of methoxy groups -OCH3 is 3. The first kappa shape index (κ1) is 20.9. The van der Waals surface area contributed by atoms with Gasteiger partial charge in [0.1, 0.15) is 17.2 Å². The van der Waals surface area contributed by atoms with Crippen LogP contribution in [0.25, 0.3) is 33.6 Å². The van der Waals surface area contributed by atoms with Gasteiger partial charge in [-0.25, -0.2) is 0 Å². The first-order valence-electron chi connectivity index (χ1n) is 9.88. The van der Waals surface area contributed by atoms with E-state index >= 15 is 0 Å². The van der Waals surface area contributed by atoms with E-state index in [9.17, 15) is 0 Å². The molecule has 1 heterocycles. The second-order valence-corrected chi connectivity index (χ2v) is 7.56. The summed E-state index contributed by atoms with van der Waals surface area (Å²) in [5, 5.41) is 0.641. The van der Waals surface area contributed by atoms with Crippen molar-refractivity contribution < 1.29 is 14.2 Å². The zero-order valence-electron chi connectivity index (χ0n) is 18.0. The van der Waals surface area contributed by atoms with Crippen LogP contribution in [-0.4, -0.2) is 25.9 Å². The van der Waals surface area contributed by atoms with E-state index in [0.29, 0.717) is 5.02 Å². The maximum atomic E-state index is 6.62. The summed E-state index contributed by atoms with van der Waals surface area (Å²) in [5.74, 6) is 2.38. The molecule has 0 atom stereocenters. The molecule has 0 saturated carbocycles. The third-order valence-electron chi connectivity index (χ3n) is 5.45. The fourth-order valence-electron chi connectivity index (χ4n) is 3.78. The Hall–Kier alpha value is -3.37. The molecule has 4 nitrogen and oxygen atoms in total. The van der Waals surface area contributed by atoms with Crippen molar-refractivity contribution in [2.45, 2.75) is 0 Å². The van der Waals surface area contributed by atoms with E-state index in [1.165, 1.54) is 0 Å². The van der Waals surface area contributed by atoms with Crippen LogP contribution in [0.5, 0.6) is 17.2 Å². The number of benzene rings is 3. The number of halogens is 1. The van der Waals surface area contributed by atoms with Crippen molar-refractivity contribution in [2.75, 3.05) is 21.3 Å². The molecular formula is C26H24ClNO3. The Morgan fingerprint density at radius 2 is 1.13 bits per heavy atom. The molecule has 31 heavy (non-hydrogen) atoms. The second-order valence-electron chi connectivity index (χ2n) is 7.15. The lowest BCUT2D eigenvalue weighted by molar-refractivity contribution is 0.414. The van der Waals surface area contributed by atoms with Gasteiger partial charge in [-0.05, 0) is 71.8 Å². The summed E-state index contributed by atoms with van der Waals surface area (Å²) in [4.78, 5) is 0. The van der Waals surface area contributed by atoms with Crippen molar-refractivity contribution in [3.05, 3.63) is 77.8 Å². The molecule has 0 aliphatic heterocycles. The molecule has 0 spiro atoms. The van der Waals surface area contributed by atoms with Gasteiger partial charge >= 0.3 is 0 Å². The maximum absolute atomic E-state index is 6.62. The van der Waals surface area contributed by atoms with Crippen molar-refractivity contribution in [2.24, 2.45) is 7.05 Å². The Kier molecular flexibility index (Phi) is 5.92. The Morgan fingerprint density at radius 1 is 0.613 bits per heavy atom. The molecule has 0 bridgehead atoms. The summed E-state index contributed by atoms with van der Waals surface area (Å²) in [6.07, 6.45) is 0. The molecule has 0 aliphatic rings. The average Bonchev–Trinajstić information content (AvgIpc) is 3.15. The van der Waals surface area contributed by atoms with E-state index in [2.05, 4.69) is 41.9 Å². The highest BCUT2D eigenvalue weighted by Gasteiger charge is 2.19. The number of nitrogens with zero attached hydrogens (tertiary/aromatic N) is 1. The van der Waals surface area contributed by atoms with E-state index in [1.807, 2.05) is 42.5 Å². The number of hydrogen-bond donors (Lipinski definition) is 0. The monoisotopic (exact) mass is 433 g/mol. The summed E-state index contributed by atoms with van der Waals surface area (Å²) < 4.78 is 18.2.